The molecule has 0 N–H and O–H groups in total. The van der Waals surface area contributed by atoms with Crippen molar-refractivity contribution in [2.75, 3.05) is 0 Å². The van der Waals surface area contributed by atoms with Crippen molar-refractivity contribution in [3.8, 4) is 56.0 Å². The molecule has 236 valence electrons. The fraction of sp³-hybridized carbons (Fsp3) is 0. The van der Waals surface area contributed by atoms with Crippen LogP contribution in [-0.4, -0.2) is 0 Å². The van der Waals surface area contributed by atoms with E-state index >= 15 is 0 Å². The summed E-state index contributed by atoms with van der Waals surface area (Å²) in [5, 5.41) is 8.26. The fourth-order valence-electron chi connectivity index (χ4n) is 8.11. The minimum Gasteiger partial charge on any atom is -0.456 e. The van der Waals surface area contributed by atoms with Crippen LogP contribution in [0.15, 0.2) is 182 Å². The molecule has 0 aliphatic carbocycles. The molecule has 0 amide bonds. The van der Waals surface area contributed by atoms with Gasteiger partial charge in [-0.05, 0) is 112 Å². The normalized spacial score (nSPS) is 14.8. The van der Waals surface area contributed by atoms with E-state index in [1.807, 2.05) is 78.9 Å². The summed E-state index contributed by atoms with van der Waals surface area (Å²) in [6, 6.07) is 35.3. The predicted octanol–water partition coefficient (Wildman–Crippen LogP) is 14.2. The van der Waals surface area contributed by atoms with Crippen LogP contribution in [0.2, 0.25) is 0 Å². The van der Waals surface area contributed by atoms with E-state index in [4.69, 9.17) is 15.7 Å². The van der Waals surface area contributed by atoms with Crippen molar-refractivity contribution in [3.63, 3.8) is 0 Å². The van der Waals surface area contributed by atoms with Gasteiger partial charge in [-0.1, -0.05) is 157 Å². The molecule has 10 aromatic rings. The van der Waals surface area contributed by atoms with Crippen molar-refractivity contribution in [1.82, 2.24) is 0 Å². The average Bonchev–Trinajstić information content (AvgIpc) is 3.28. The van der Waals surface area contributed by atoms with Crippen LogP contribution < -0.4 is 4.74 Å². The second-order valence-corrected chi connectivity index (χ2v) is 12.8. The molecule has 11 rings (SSSR count). The van der Waals surface area contributed by atoms with Crippen LogP contribution in [0, 0.1) is 0 Å². The topological polar surface area (TPSA) is 9.23 Å². The lowest BCUT2D eigenvalue weighted by atomic mass is 9.82. The van der Waals surface area contributed by atoms with Crippen molar-refractivity contribution in [1.29, 1.82) is 0 Å². The summed E-state index contributed by atoms with van der Waals surface area (Å²) in [5.41, 5.74) is 4.55. The number of benzene rings is 10. The van der Waals surface area contributed by atoms with Gasteiger partial charge in [0.05, 0.1) is 13.7 Å². The molecule has 0 bridgehead atoms. The largest absolute Gasteiger partial charge is 0.456 e. The molecule has 1 heterocycles. The Kier molecular flexibility index (Phi) is 4.29. The molecule has 1 aliphatic heterocycles. The summed E-state index contributed by atoms with van der Waals surface area (Å²) in [6.45, 7) is 0. The van der Waals surface area contributed by atoms with Gasteiger partial charge in [0.2, 0.25) is 0 Å². The lowest BCUT2D eigenvalue weighted by molar-refractivity contribution is 0.487. The van der Waals surface area contributed by atoms with Crippen molar-refractivity contribution in [2.45, 2.75) is 0 Å². The van der Waals surface area contributed by atoms with Crippen LogP contribution in [0.3, 0.4) is 0 Å². The van der Waals surface area contributed by atoms with Crippen LogP contribution in [0.5, 0.6) is 11.5 Å². The Balaban J connectivity index is 1.30. The van der Waals surface area contributed by atoms with E-state index in [-0.39, 0.29) is 35.3 Å². The highest BCUT2D eigenvalue weighted by molar-refractivity contribution is 6.29. The highest BCUT2D eigenvalue weighted by atomic mass is 16.5. The molecule has 10 aromatic carbocycles. The van der Waals surface area contributed by atoms with E-state index in [2.05, 4.69) is 30.3 Å². The smallest absolute Gasteiger partial charge is 0.135 e. The quantitative estimate of drug-likeness (QED) is 0.136. The Morgan fingerprint density at radius 2 is 1.00 bits per heavy atom. The Morgan fingerprint density at radius 1 is 0.353 bits per heavy atom. The van der Waals surface area contributed by atoms with E-state index in [0.717, 1.165) is 60.3 Å². The van der Waals surface area contributed by atoms with Crippen molar-refractivity contribution >= 4 is 53.9 Å². The third-order valence-corrected chi connectivity index (χ3v) is 10.2. The maximum absolute atomic E-state index is 9.23. The van der Waals surface area contributed by atoms with Gasteiger partial charge in [0.1, 0.15) is 11.5 Å². The molecular formula is C50H30O. The van der Waals surface area contributed by atoms with Gasteiger partial charge < -0.3 is 4.74 Å². The van der Waals surface area contributed by atoms with E-state index in [0.29, 0.717) is 38.4 Å². The standard InChI is InChI=1S/C50H30O/c1-3-13-31(14-4-1)35-21-11-22-39-37(35)26-27-42-47(40-19-9-10-20-41(40)48(50(39)42)32-15-5-2-6-16-32)34-25-28-45-43(30-34)44-29-33-17-7-8-18-36(33)38-23-12-24-46(51-45)49(38)44/h1-30H/i1D,2D,3D,4D,5D,6D,13D,14D,15D,16D. The molecule has 0 radical (unpaired) electrons. The van der Waals surface area contributed by atoms with Crippen molar-refractivity contribution < 1.29 is 18.4 Å². The number of hydrogen-bond acceptors (Lipinski definition) is 1. The van der Waals surface area contributed by atoms with E-state index in [9.17, 15) is 2.74 Å². The SMILES string of the molecule is [2H]c1c([2H])c([2H])c(-c2cccc3c2ccc2c(-c4ccc5c(c4)-c4cc6ccccc6c6cccc(c46)O5)c4ccccc4c(-c4c([2H])c([2H])c([2H])c([2H])c4[2H])c23)c([2H])c1[2H]. The first-order valence-electron chi connectivity index (χ1n) is 21.8. The minimum absolute atomic E-state index is 0.0356. The third kappa shape index (κ3) is 4.16. The van der Waals surface area contributed by atoms with Gasteiger partial charge in [0.25, 0.3) is 0 Å². The van der Waals surface area contributed by atoms with Gasteiger partial charge in [0, 0.05) is 10.9 Å². The summed E-state index contributed by atoms with van der Waals surface area (Å²) >= 11 is 0. The minimum atomic E-state index is -0.502. The van der Waals surface area contributed by atoms with Gasteiger partial charge >= 0.3 is 0 Å². The highest BCUT2D eigenvalue weighted by Gasteiger charge is 2.24. The summed E-state index contributed by atoms with van der Waals surface area (Å²) < 4.78 is 93.9. The Hall–Kier alpha value is -6.70. The third-order valence-electron chi connectivity index (χ3n) is 10.2. The monoisotopic (exact) mass is 656 g/mol. The molecular weight excluding hydrogens is 617 g/mol. The molecule has 0 spiro atoms. The van der Waals surface area contributed by atoms with Gasteiger partial charge in [-0.25, -0.2) is 0 Å². The lowest BCUT2D eigenvalue weighted by Gasteiger charge is -2.24. The summed E-state index contributed by atoms with van der Waals surface area (Å²) in [6.07, 6.45) is 0. The average molecular weight is 657 g/mol. The second kappa shape index (κ2) is 10.9. The van der Waals surface area contributed by atoms with Crippen molar-refractivity contribution in [2.24, 2.45) is 0 Å². The molecule has 51 heavy (non-hydrogen) atoms. The van der Waals surface area contributed by atoms with Crippen LogP contribution in [0.1, 0.15) is 13.7 Å². The zero-order valence-corrected chi connectivity index (χ0v) is 27.0. The lowest BCUT2D eigenvalue weighted by Crippen LogP contribution is -1.98. The Morgan fingerprint density at radius 3 is 1.80 bits per heavy atom. The Labute approximate surface area is 309 Å². The fourth-order valence-corrected chi connectivity index (χ4v) is 8.11. The number of fused-ring (bicyclic) bond motifs is 8. The van der Waals surface area contributed by atoms with Crippen LogP contribution >= 0.6 is 0 Å². The zero-order valence-electron chi connectivity index (χ0n) is 37.0. The summed E-state index contributed by atoms with van der Waals surface area (Å²) in [4.78, 5) is 0. The molecule has 1 aliphatic rings. The summed E-state index contributed by atoms with van der Waals surface area (Å²) in [5.74, 6) is 1.48. The maximum atomic E-state index is 9.23. The number of ether oxygens (including phenoxy) is 1. The molecule has 1 heteroatoms. The number of rotatable bonds is 3. The Bertz CT molecular complexity index is 3580. The van der Waals surface area contributed by atoms with Gasteiger partial charge in [-0.2, -0.15) is 0 Å². The zero-order chi connectivity index (χ0) is 42.2. The first-order valence-corrected chi connectivity index (χ1v) is 16.8. The van der Waals surface area contributed by atoms with E-state index in [1.165, 1.54) is 0 Å². The molecule has 0 fully saturated rings. The predicted molar refractivity (Wildman–Crippen MR) is 216 cm³/mol. The first-order chi connectivity index (χ1) is 29.5. The van der Waals surface area contributed by atoms with Gasteiger partial charge in [-0.15, -0.1) is 0 Å². The molecule has 0 saturated heterocycles. The molecule has 0 aromatic heterocycles. The molecule has 0 unspecified atom stereocenters. The van der Waals surface area contributed by atoms with Gasteiger partial charge in [0.15, 0.2) is 0 Å². The molecule has 0 atom stereocenters. The van der Waals surface area contributed by atoms with Crippen LogP contribution in [-0.2, 0) is 0 Å². The molecule has 0 saturated carbocycles. The second-order valence-electron chi connectivity index (χ2n) is 12.8. The first kappa shape index (κ1) is 20.1. The van der Waals surface area contributed by atoms with Gasteiger partial charge in [-0.3, -0.25) is 0 Å². The molecule has 1 nitrogen and oxygen atoms in total. The maximum Gasteiger partial charge on any atom is 0.135 e. The van der Waals surface area contributed by atoms with Crippen LogP contribution in [0.4, 0.5) is 0 Å². The van der Waals surface area contributed by atoms with E-state index < -0.39 is 36.3 Å². The summed E-state index contributed by atoms with van der Waals surface area (Å²) in [7, 11) is 0. The number of hydrogen-bond donors (Lipinski definition) is 0. The van der Waals surface area contributed by atoms with Crippen molar-refractivity contribution in [3.05, 3.63) is 182 Å². The van der Waals surface area contributed by atoms with E-state index in [1.54, 1.807) is 12.1 Å². The highest BCUT2D eigenvalue weighted by Crippen LogP contribution is 2.52. The van der Waals surface area contributed by atoms with Crippen LogP contribution in [0.25, 0.3) is 98.4 Å².